The van der Waals surface area contributed by atoms with E-state index in [9.17, 15) is 10.1 Å². The number of isothiocyanates is 1. The van der Waals surface area contributed by atoms with Crippen molar-refractivity contribution < 1.29 is 4.92 Å². The molecule has 2 atom stereocenters. The second kappa shape index (κ2) is 8.08. The number of aromatic amines is 1. The Bertz CT molecular complexity index is 1050. The second-order valence-corrected chi connectivity index (χ2v) is 7.73. The molecule has 3 rings (SSSR count). The Balaban J connectivity index is 2.16. The number of thiocarbonyl (C=S) groups is 1. The van der Waals surface area contributed by atoms with Crippen LogP contribution in [-0.4, -0.2) is 47.3 Å². The van der Waals surface area contributed by atoms with Crippen molar-refractivity contribution >= 4 is 53.0 Å². The molecule has 2 aromatic rings. The van der Waals surface area contributed by atoms with Crippen molar-refractivity contribution in [3.05, 3.63) is 75.9 Å². The van der Waals surface area contributed by atoms with Crippen LogP contribution in [0.4, 0.5) is 0 Å². The van der Waals surface area contributed by atoms with Gasteiger partial charge in [0.15, 0.2) is 0 Å². The van der Waals surface area contributed by atoms with Crippen molar-refractivity contribution in [3.8, 4) is 0 Å². The van der Waals surface area contributed by atoms with Gasteiger partial charge in [0.1, 0.15) is 0 Å². The van der Waals surface area contributed by atoms with E-state index >= 15 is 0 Å². The first-order valence-corrected chi connectivity index (χ1v) is 10.3. The number of aliphatic imine (C=N–C) groups is 1. The van der Waals surface area contributed by atoms with Gasteiger partial charge in [-0.1, -0.05) is 0 Å². The van der Waals surface area contributed by atoms with Crippen LogP contribution in [0.5, 0.6) is 0 Å². The molecule has 0 bridgehead atoms. The van der Waals surface area contributed by atoms with Crippen LogP contribution in [0.3, 0.4) is 0 Å². The summed E-state index contributed by atoms with van der Waals surface area (Å²) in [6, 6.07) is 7.90. The molecular weight excluding hydrogens is 373 g/mol. The average molecular weight is 391 g/mol. The molecule has 0 saturated carbocycles. The van der Waals surface area contributed by atoms with Gasteiger partial charge in [-0.25, -0.2) is 0 Å². The Morgan fingerprint density at radius 3 is 2.93 bits per heavy atom. The molecule has 134 valence electrons. The van der Waals surface area contributed by atoms with E-state index in [0.717, 1.165) is 26.6 Å². The van der Waals surface area contributed by atoms with Crippen LogP contribution in [0.25, 0.3) is 10.9 Å². The first-order valence-electron chi connectivity index (χ1n) is 8.50. The van der Waals surface area contributed by atoms with Crippen molar-refractivity contribution in [2.75, 3.05) is 6.54 Å². The molecule has 1 heterocycles. The number of hydrogen-bond donors (Lipinski definition) is 1. The zero-order chi connectivity index (χ0) is 19.4. The molecule has 0 saturated heterocycles. The molecule has 1 aliphatic rings. The van der Waals surface area contributed by atoms with Crippen molar-refractivity contribution in [1.82, 2.24) is 4.98 Å². The number of benzene rings is 1. The number of H-pyrrole nitrogens is 1. The van der Waals surface area contributed by atoms with Crippen molar-refractivity contribution in [2.45, 2.75) is 18.4 Å². The Labute approximate surface area is 168 Å². The summed E-state index contributed by atoms with van der Waals surface area (Å²) in [7, 11) is 0. The molecule has 1 aromatic carbocycles. The standard InChI is InChI=1S/C19H16N3O2S.CH2.Al/c1-19(21-13-25)9-4-5-14(8-10-19)17(12-22(23)24)16-11-20-18-7-3-2-6-15(16)18;;/h2-10,17,20H,12H2,1H3;1H2;. The zero-order valence-corrected chi connectivity index (χ0v) is 16.9. The number of nitrogens with zero attached hydrogens (tertiary/aromatic N) is 2. The summed E-state index contributed by atoms with van der Waals surface area (Å²) in [6.07, 6.45) is 9.51. The van der Waals surface area contributed by atoms with E-state index in [1.165, 1.54) is 0 Å². The van der Waals surface area contributed by atoms with E-state index in [4.69, 9.17) is 12.2 Å². The maximum atomic E-state index is 11.5. The number of aromatic nitrogens is 1. The first-order chi connectivity index (χ1) is 13.0. The number of fused-ring (bicyclic) bond motifs is 1. The Morgan fingerprint density at radius 1 is 1.44 bits per heavy atom. The van der Waals surface area contributed by atoms with Crippen molar-refractivity contribution in [3.63, 3.8) is 0 Å². The third kappa shape index (κ3) is 4.13. The summed E-state index contributed by atoms with van der Waals surface area (Å²) in [6.45, 7) is 1.72. The van der Waals surface area contributed by atoms with Gasteiger partial charge in [0, 0.05) is 0 Å². The number of allylic oxidation sites excluding steroid dienone is 3. The molecule has 1 aromatic heterocycles. The fourth-order valence-corrected chi connectivity index (χ4v) is 4.40. The van der Waals surface area contributed by atoms with Gasteiger partial charge in [-0.2, -0.15) is 0 Å². The molecule has 1 N–H and O–H groups in total. The van der Waals surface area contributed by atoms with Gasteiger partial charge in [0.05, 0.1) is 0 Å². The molecule has 27 heavy (non-hydrogen) atoms. The normalized spacial score (nSPS) is 19.7. The minimum atomic E-state index is -0.597. The van der Waals surface area contributed by atoms with Gasteiger partial charge in [-0.05, 0) is 0 Å². The van der Waals surface area contributed by atoms with Crippen LogP contribution in [0.1, 0.15) is 18.4 Å². The number of nitro groups is 1. The van der Waals surface area contributed by atoms with Crippen LogP contribution >= 0.6 is 12.2 Å². The van der Waals surface area contributed by atoms with Gasteiger partial charge in [-0.15, -0.1) is 0 Å². The molecule has 0 radical (unpaired) electrons. The summed E-state index contributed by atoms with van der Waals surface area (Å²) in [5.41, 5.74) is 2.22. The van der Waals surface area contributed by atoms with E-state index in [1.54, 1.807) is 0 Å². The van der Waals surface area contributed by atoms with E-state index < -0.39 is 5.54 Å². The predicted octanol–water partition coefficient (Wildman–Crippen LogP) is 3.20. The first kappa shape index (κ1) is 19.3. The number of para-hydroxylation sites is 1. The van der Waals surface area contributed by atoms with Crippen LogP contribution in [-0.2, 0) is 0 Å². The molecule has 7 heteroatoms. The van der Waals surface area contributed by atoms with Gasteiger partial charge in [0.25, 0.3) is 0 Å². The molecule has 2 unspecified atom stereocenters. The van der Waals surface area contributed by atoms with Crippen molar-refractivity contribution in [2.24, 2.45) is 4.99 Å². The van der Waals surface area contributed by atoms with Crippen LogP contribution < -0.4 is 4.56 Å². The van der Waals surface area contributed by atoms with E-state index in [1.807, 2.05) is 61.6 Å². The summed E-state index contributed by atoms with van der Waals surface area (Å²) in [4.78, 5) is 18.8. The van der Waals surface area contributed by atoms with E-state index in [2.05, 4.69) is 20.5 Å². The topological polar surface area (TPSA) is 71.3 Å². The van der Waals surface area contributed by atoms with Crippen LogP contribution in [0.15, 0.2) is 65.2 Å². The molecule has 1 aliphatic carbocycles. The Kier molecular flexibility index (Phi) is 5.79. The zero-order valence-electron chi connectivity index (χ0n) is 14.9. The molecule has 5 nitrogen and oxygen atoms in total. The van der Waals surface area contributed by atoms with Gasteiger partial charge < -0.3 is 0 Å². The Morgan fingerprint density at radius 2 is 2.22 bits per heavy atom. The van der Waals surface area contributed by atoms with Crippen LogP contribution in [0, 0.1) is 10.1 Å². The Hall–Kier alpha value is -2.42. The summed E-state index contributed by atoms with van der Waals surface area (Å²) >= 11 is 4.48. The number of hydrogen-bond acceptors (Lipinski definition) is 4. The quantitative estimate of drug-likeness (QED) is 0.270. The maximum absolute atomic E-state index is 11.5. The number of rotatable bonds is 6. The third-order valence-corrected chi connectivity index (χ3v) is 5.64. The summed E-state index contributed by atoms with van der Waals surface area (Å²) in [5, 5.41) is 19.0. The monoisotopic (exact) mass is 391 g/mol. The summed E-state index contributed by atoms with van der Waals surface area (Å²) < 4.78 is 1.00. The SMILES string of the molecule is [CH2]=[Al][c]1[nH]c2ccccc2c1C(C[N+](=O)[O-])C1=CC=CC(C)(N=C=S)C=C1. The van der Waals surface area contributed by atoms with Gasteiger partial charge in [0.2, 0.25) is 0 Å². The van der Waals surface area contributed by atoms with Crippen molar-refractivity contribution in [1.29, 1.82) is 0 Å². The fourth-order valence-electron chi connectivity index (χ4n) is 3.37. The van der Waals surface area contributed by atoms with Crippen LogP contribution in [0.2, 0.25) is 0 Å². The number of nitrogens with one attached hydrogen (secondary N) is 1. The average Bonchev–Trinajstić information content (AvgIpc) is 2.90. The van der Waals surface area contributed by atoms with Gasteiger partial charge in [-0.3, -0.25) is 0 Å². The van der Waals surface area contributed by atoms with E-state index in [0.29, 0.717) is 0 Å². The van der Waals surface area contributed by atoms with Gasteiger partial charge >= 0.3 is 169 Å². The predicted molar refractivity (Wildman–Crippen MR) is 115 cm³/mol. The second-order valence-electron chi connectivity index (χ2n) is 6.56. The molecule has 0 aliphatic heterocycles. The molecule has 0 spiro atoms. The molecule has 0 amide bonds. The third-order valence-electron chi connectivity index (χ3n) is 4.69. The molecule has 0 fully saturated rings. The fraction of sp³-hybridized carbons (Fsp3) is 0.200. The van der Waals surface area contributed by atoms with E-state index in [-0.39, 0.29) is 32.2 Å². The molecular formula is C20H18AlN3O2S. The summed E-state index contributed by atoms with van der Waals surface area (Å²) in [5.74, 6) is -0.375. The minimum absolute atomic E-state index is 0.189.